The lowest BCUT2D eigenvalue weighted by molar-refractivity contribution is -0.125. The van der Waals surface area contributed by atoms with Crippen LogP contribution in [0.25, 0.3) is 0 Å². The molecule has 42 heavy (non-hydrogen) atoms. The number of rotatable bonds is 10. The first kappa shape index (κ1) is 30.8. The first-order chi connectivity index (χ1) is 19.9. The van der Waals surface area contributed by atoms with Crippen molar-refractivity contribution in [1.29, 1.82) is 0 Å². The highest BCUT2D eigenvalue weighted by Gasteiger charge is 2.38. The van der Waals surface area contributed by atoms with Gasteiger partial charge in [0.25, 0.3) is 0 Å². The number of likely N-dealkylation sites (tertiary alicyclic amines) is 1. The van der Waals surface area contributed by atoms with E-state index >= 15 is 0 Å². The third-order valence-corrected chi connectivity index (χ3v) is 7.31. The minimum Gasteiger partial charge on any atom is -0.457 e. The third-order valence-electron chi connectivity index (χ3n) is 7.31. The molecule has 0 radical (unpaired) electrons. The van der Waals surface area contributed by atoms with Crippen molar-refractivity contribution in [3.8, 4) is 23.0 Å². The predicted octanol–water partition coefficient (Wildman–Crippen LogP) is 6.84. The zero-order chi connectivity index (χ0) is 30.5. The fourth-order valence-corrected chi connectivity index (χ4v) is 5.15. The molecule has 4 rings (SSSR count). The number of urea groups is 1. The number of nitrogens with one attached hydrogen (secondary N) is 2. The van der Waals surface area contributed by atoms with Crippen LogP contribution < -0.4 is 20.1 Å². The number of hydrogen-bond acceptors (Lipinski definition) is 5. The summed E-state index contributed by atoms with van der Waals surface area (Å²) in [6, 6.07) is 17.5. The maximum absolute atomic E-state index is 13.4. The maximum Gasteiger partial charge on any atom is 0.321 e. The summed E-state index contributed by atoms with van der Waals surface area (Å²) in [5.41, 5.74) is -0.343. The van der Waals surface area contributed by atoms with Gasteiger partial charge in [-0.15, -0.1) is 0 Å². The first-order valence-electron chi connectivity index (χ1n) is 14.3. The molecule has 0 bridgehead atoms. The molecule has 0 saturated carbocycles. The van der Waals surface area contributed by atoms with E-state index in [1.807, 2.05) is 46.8 Å². The first-order valence-corrected chi connectivity index (χ1v) is 14.3. The second-order valence-electron chi connectivity index (χ2n) is 11.8. The molecule has 0 aliphatic carbocycles. The molecule has 1 heterocycles. The smallest absolute Gasteiger partial charge is 0.321 e. The summed E-state index contributed by atoms with van der Waals surface area (Å²) in [4.78, 5) is 27.3. The molecule has 1 saturated heterocycles. The van der Waals surface area contributed by atoms with Crippen LogP contribution in [-0.4, -0.2) is 47.2 Å². The molecule has 3 aromatic carbocycles. The van der Waals surface area contributed by atoms with Gasteiger partial charge in [-0.2, -0.15) is 0 Å². The number of halogens is 1. The maximum atomic E-state index is 13.4. The molecule has 1 aliphatic rings. The Bertz CT molecular complexity index is 1390. The van der Waals surface area contributed by atoms with Crippen molar-refractivity contribution < 1.29 is 28.6 Å². The molecule has 1 fully saturated rings. The van der Waals surface area contributed by atoms with Gasteiger partial charge in [-0.1, -0.05) is 26.0 Å². The van der Waals surface area contributed by atoms with Crippen molar-refractivity contribution in [1.82, 2.24) is 10.2 Å². The Labute approximate surface area is 246 Å². The SMILES string of the molecule is CCNC(=O)C(C)(C)c1ccc(Oc2cc(NC(=O)N3CCC(O)(CC(C)C)C3)cc(Oc3ccc(F)cc3)c2)cc1. The Hall–Kier alpha value is -4.11. The number of hydrogen-bond donors (Lipinski definition) is 3. The number of β-amino-alcohol motifs (C(OH)–C–C–N with tert-alkyl or cyclic N) is 1. The normalized spacial score (nSPS) is 16.8. The van der Waals surface area contributed by atoms with Crippen LogP contribution in [0, 0.1) is 11.7 Å². The van der Waals surface area contributed by atoms with Gasteiger partial charge in [0.15, 0.2) is 0 Å². The summed E-state index contributed by atoms with van der Waals surface area (Å²) in [6.45, 7) is 11.0. The van der Waals surface area contributed by atoms with Crippen LogP contribution >= 0.6 is 0 Å². The quantitative estimate of drug-likeness (QED) is 0.245. The van der Waals surface area contributed by atoms with E-state index in [1.54, 1.807) is 35.2 Å². The molecule has 0 spiro atoms. The summed E-state index contributed by atoms with van der Waals surface area (Å²) in [5, 5.41) is 16.7. The molecule has 1 atom stereocenters. The second-order valence-corrected chi connectivity index (χ2v) is 11.8. The number of likely N-dealkylation sites (N-methyl/N-ethyl adjacent to an activating group) is 1. The van der Waals surface area contributed by atoms with Crippen LogP contribution in [0.4, 0.5) is 14.9 Å². The van der Waals surface area contributed by atoms with Crippen LogP contribution in [0.2, 0.25) is 0 Å². The van der Waals surface area contributed by atoms with Gasteiger partial charge in [-0.05, 0) is 81.5 Å². The van der Waals surface area contributed by atoms with Crippen LogP contribution in [0.3, 0.4) is 0 Å². The zero-order valence-corrected chi connectivity index (χ0v) is 24.9. The number of aliphatic hydroxyl groups is 1. The Kier molecular flexibility index (Phi) is 9.41. The van der Waals surface area contributed by atoms with E-state index in [0.29, 0.717) is 60.5 Å². The molecular formula is C33H40FN3O5. The van der Waals surface area contributed by atoms with Crippen LogP contribution in [0.15, 0.2) is 66.7 Å². The fourth-order valence-electron chi connectivity index (χ4n) is 5.15. The largest absolute Gasteiger partial charge is 0.457 e. The topological polar surface area (TPSA) is 100 Å². The van der Waals surface area contributed by atoms with Gasteiger partial charge in [0.1, 0.15) is 28.8 Å². The summed E-state index contributed by atoms with van der Waals surface area (Å²) < 4.78 is 25.5. The van der Waals surface area contributed by atoms with E-state index < -0.39 is 11.0 Å². The Morgan fingerprint density at radius 2 is 1.55 bits per heavy atom. The predicted molar refractivity (Wildman–Crippen MR) is 161 cm³/mol. The number of carbonyl (C=O) groups is 2. The van der Waals surface area contributed by atoms with Crippen molar-refractivity contribution in [3.63, 3.8) is 0 Å². The highest BCUT2D eigenvalue weighted by atomic mass is 19.1. The van der Waals surface area contributed by atoms with Crippen molar-refractivity contribution in [2.45, 2.75) is 58.5 Å². The highest BCUT2D eigenvalue weighted by molar-refractivity contribution is 5.90. The Morgan fingerprint density at radius 3 is 2.10 bits per heavy atom. The summed E-state index contributed by atoms with van der Waals surface area (Å²) in [6.07, 6.45) is 1.14. The molecule has 3 aromatic rings. The summed E-state index contributed by atoms with van der Waals surface area (Å²) >= 11 is 0. The molecule has 3 N–H and O–H groups in total. The van der Waals surface area contributed by atoms with Gasteiger partial charge in [-0.25, -0.2) is 9.18 Å². The fraction of sp³-hybridized carbons (Fsp3) is 0.394. The molecular weight excluding hydrogens is 537 g/mol. The molecule has 9 heteroatoms. The van der Waals surface area contributed by atoms with Crippen molar-refractivity contribution >= 4 is 17.6 Å². The number of nitrogens with zero attached hydrogens (tertiary/aromatic N) is 1. The van der Waals surface area contributed by atoms with Gasteiger partial charge in [-0.3, -0.25) is 4.79 Å². The van der Waals surface area contributed by atoms with E-state index in [0.717, 1.165) is 5.56 Å². The van der Waals surface area contributed by atoms with Crippen LogP contribution in [0.1, 0.15) is 53.0 Å². The number of ether oxygens (including phenoxy) is 2. The summed E-state index contributed by atoms with van der Waals surface area (Å²) in [7, 11) is 0. The molecule has 1 unspecified atom stereocenters. The highest BCUT2D eigenvalue weighted by Crippen LogP contribution is 2.34. The van der Waals surface area contributed by atoms with Gasteiger partial charge in [0, 0.05) is 37.0 Å². The number of carbonyl (C=O) groups excluding carboxylic acids is 2. The molecule has 1 aliphatic heterocycles. The van der Waals surface area contributed by atoms with Gasteiger partial charge in [0.2, 0.25) is 5.91 Å². The molecule has 224 valence electrons. The third kappa shape index (κ3) is 7.79. The monoisotopic (exact) mass is 577 g/mol. The Morgan fingerprint density at radius 1 is 0.976 bits per heavy atom. The average molecular weight is 578 g/mol. The molecule has 3 amide bonds. The molecule has 0 aromatic heterocycles. The minimum atomic E-state index is -0.898. The van der Waals surface area contributed by atoms with Gasteiger partial charge < -0.3 is 30.1 Å². The van der Waals surface area contributed by atoms with E-state index in [1.165, 1.54) is 24.3 Å². The van der Waals surface area contributed by atoms with Crippen molar-refractivity contribution in [3.05, 3.63) is 78.1 Å². The Balaban J connectivity index is 1.55. The lowest BCUT2D eigenvalue weighted by atomic mass is 9.83. The minimum absolute atomic E-state index is 0.0645. The number of anilines is 1. The second kappa shape index (κ2) is 12.8. The van der Waals surface area contributed by atoms with Gasteiger partial charge >= 0.3 is 6.03 Å². The lowest BCUT2D eigenvalue weighted by Gasteiger charge is -2.25. The standard InChI is InChI=1S/C33H40FN3O5/c1-6-35-30(38)32(4,5)23-7-11-26(12-8-23)41-28-17-25(18-29(19-28)42-27-13-9-24(34)10-14-27)36-31(39)37-16-15-33(40,21-37)20-22(2)3/h7-14,17-19,22,40H,6,15-16,20-21H2,1-5H3,(H,35,38)(H,36,39). The zero-order valence-electron chi connectivity index (χ0n) is 24.9. The van der Waals surface area contributed by atoms with Crippen molar-refractivity contribution in [2.75, 3.05) is 25.0 Å². The lowest BCUT2D eigenvalue weighted by Crippen LogP contribution is -2.39. The van der Waals surface area contributed by atoms with E-state index in [-0.39, 0.29) is 24.3 Å². The number of amides is 3. The van der Waals surface area contributed by atoms with Crippen LogP contribution in [0.5, 0.6) is 23.0 Å². The average Bonchev–Trinajstić information content (AvgIpc) is 3.31. The summed E-state index contributed by atoms with van der Waals surface area (Å²) in [5.74, 6) is 1.59. The van der Waals surface area contributed by atoms with E-state index in [2.05, 4.69) is 10.6 Å². The van der Waals surface area contributed by atoms with Crippen LogP contribution in [-0.2, 0) is 10.2 Å². The molecule has 8 nitrogen and oxygen atoms in total. The van der Waals surface area contributed by atoms with E-state index in [9.17, 15) is 19.1 Å². The van der Waals surface area contributed by atoms with Crippen molar-refractivity contribution in [2.24, 2.45) is 5.92 Å². The van der Waals surface area contributed by atoms with Gasteiger partial charge in [0.05, 0.1) is 17.6 Å². The number of benzene rings is 3. The van der Waals surface area contributed by atoms with E-state index in [4.69, 9.17) is 9.47 Å².